The van der Waals surface area contributed by atoms with E-state index < -0.39 is 12.0 Å². The van der Waals surface area contributed by atoms with Crippen LogP contribution in [0.4, 0.5) is 0 Å². The summed E-state index contributed by atoms with van der Waals surface area (Å²) in [5, 5.41) is 2.53. The van der Waals surface area contributed by atoms with Gasteiger partial charge in [0.05, 0.1) is 7.11 Å². The van der Waals surface area contributed by atoms with Gasteiger partial charge in [-0.05, 0) is 19.1 Å². The van der Waals surface area contributed by atoms with Crippen LogP contribution in [0.1, 0.15) is 17.3 Å². The van der Waals surface area contributed by atoms with Gasteiger partial charge in [0.25, 0.3) is 5.91 Å². The van der Waals surface area contributed by atoms with Crippen molar-refractivity contribution in [2.45, 2.75) is 13.0 Å². The molecule has 1 amide bonds. The first-order chi connectivity index (χ1) is 7.15. The molecule has 0 saturated heterocycles. The highest BCUT2D eigenvalue weighted by Crippen LogP contribution is 1.99. The van der Waals surface area contributed by atoms with Gasteiger partial charge in [-0.3, -0.25) is 4.79 Å². The van der Waals surface area contributed by atoms with Gasteiger partial charge >= 0.3 is 5.97 Å². The lowest BCUT2D eigenvalue weighted by molar-refractivity contribution is -0.142. The molecule has 0 fully saturated rings. The maximum Gasteiger partial charge on any atom is 0.328 e. The Hall–Kier alpha value is -1.84. The van der Waals surface area contributed by atoms with E-state index in [2.05, 4.69) is 10.1 Å². The molecule has 0 spiro atoms. The van der Waals surface area contributed by atoms with Gasteiger partial charge in [-0.25, -0.2) is 4.79 Å². The summed E-state index contributed by atoms with van der Waals surface area (Å²) in [6.45, 7) is 1.58. The molecule has 0 saturated carbocycles. The third kappa shape index (κ3) is 3.09. The fourth-order valence-corrected chi connectivity index (χ4v) is 1.11. The predicted octanol–water partition coefficient (Wildman–Crippen LogP) is 0.978. The smallest absolute Gasteiger partial charge is 0.328 e. The zero-order valence-electron chi connectivity index (χ0n) is 8.69. The van der Waals surface area contributed by atoms with Gasteiger partial charge in [0.2, 0.25) is 0 Å². The number of amides is 1. The summed E-state index contributed by atoms with van der Waals surface area (Å²) >= 11 is 0. The number of benzene rings is 1. The topological polar surface area (TPSA) is 55.4 Å². The Kier molecular flexibility index (Phi) is 3.85. The average Bonchev–Trinajstić information content (AvgIpc) is 2.29. The summed E-state index contributed by atoms with van der Waals surface area (Å²) in [6, 6.07) is 8.07. The molecule has 0 radical (unpaired) electrons. The Morgan fingerprint density at radius 2 is 1.87 bits per heavy atom. The van der Waals surface area contributed by atoms with Crippen LogP contribution in [0.25, 0.3) is 0 Å². The standard InChI is InChI=1S/C11H13NO3/c1-8(11(14)15-2)12-10(13)9-6-4-3-5-7-9/h3-8H,1-2H3,(H,12,13)/t8-/m0/s1. The first-order valence-corrected chi connectivity index (χ1v) is 4.59. The molecular formula is C11H13NO3. The number of hydrogen-bond donors (Lipinski definition) is 1. The molecule has 1 aromatic carbocycles. The minimum Gasteiger partial charge on any atom is -0.467 e. The molecule has 1 N–H and O–H groups in total. The largest absolute Gasteiger partial charge is 0.467 e. The lowest BCUT2D eigenvalue weighted by atomic mass is 10.2. The molecular weight excluding hydrogens is 194 g/mol. The monoisotopic (exact) mass is 207 g/mol. The number of rotatable bonds is 3. The maximum atomic E-state index is 11.6. The third-order valence-corrected chi connectivity index (χ3v) is 1.94. The lowest BCUT2D eigenvalue weighted by Gasteiger charge is -2.11. The van der Waals surface area contributed by atoms with E-state index in [0.29, 0.717) is 5.56 Å². The SMILES string of the molecule is COC(=O)[C@H](C)NC(=O)c1ccccc1. The Balaban J connectivity index is 2.61. The van der Waals surface area contributed by atoms with E-state index in [0.717, 1.165) is 0 Å². The molecule has 4 heteroatoms. The summed E-state index contributed by atoms with van der Waals surface area (Å²) in [4.78, 5) is 22.6. The lowest BCUT2D eigenvalue weighted by Crippen LogP contribution is -2.39. The normalized spacial score (nSPS) is 11.6. The number of ether oxygens (including phenoxy) is 1. The van der Waals surface area contributed by atoms with Crippen LogP contribution < -0.4 is 5.32 Å². The maximum absolute atomic E-state index is 11.6. The van der Waals surface area contributed by atoms with E-state index >= 15 is 0 Å². The quantitative estimate of drug-likeness (QED) is 0.751. The highest BCUT2D eigenvalue weighted by Gasteiger charge is 2.16. The van der Waals surface area contributed by atoms with Crippen LogP contribution in [0.3, 0.4) is 0 Å². The molecule has 1 rings (SSSR count). The van der Waals surface area contributed by atoms with Gasteiger partial charge in [-0.15, -0.1) is 0 Å². The minimum absolute atomic E-state index is 0.284. The molecule has 0 aromatic heterocycles. The average molecular weight is 207 g/mol. The van der Waals surface area contributed by atoms with E-state index in [-0.39, 0.29) is 5.91 Å². The fraction of sp³-hybridized carbons (Fsp3) is 0.273. The summed E-state index contributed by atoms with van der Waals surface area (Å²) in [5.74, 6) is -0.743. The second-order valence-electron chi connectivity index (χ2n) is 3.08. The highest BCUT2D eigenvalue weighted by molar-refractivity contribution is 5.96. The Morgan fingerprint density at radius 1 is 1.27 bits per heavy atom. The first-order valence-electron chi connectivity index (χ1n) is 4.59. The molecule has 0 heterocycles. The van der Waals surface area contributed by atoms with Crippen molar-refractivity contribution in [3.05, 3.63) is 35.9 Å². The van der Waals surface area contributed by atoms with E-state index in [1.165, 1.54) is 7.11 Å². The second-order valence-corrected chi connectivity index (χ2v) is 3.08. The summed E-state index contributed by atoms with van der Waals surface area (Å²) in [5.41, 5.74) is 0.522. The number of carbonyl (C=O) groups is 2. The van der Waals surface area contributed by atoms with Crippen molar-refractivity contribution in [3.8, 4) is 0 Å². The van der Waals surface area contributed by atoms with E-state index in [9.17, 15) is 9.59 Å². The number of nitrogens with one attached hydrogen (secondary N) is 1. The number of hydrogen-bond acceptors (Lipinski definition) is 3. The van der Waals surface area contributed by atoms with Crippen molar-refractivity contribution in [1.82, 2.24) is 5.32 Å². The van der Waals surface area contributed by atoms with Crippen molar-refractivity contribution in [2.24, 2.45) is 0 Å². The number of methoxy groups -OCH3 is 1. The molecule has 0 aliphatic carbocycles. The predicted molar refractivity (Wildman–Crippen MR) is 55.4 cm³/mol. The molecule has 0 aliphatic rings. The van der Waals surface area contributed by atoms with Crippen molar-refractivity contribution < 1.29 is 14.3 Å². The Bertz CT molecular complexity index is 348. The van der Waals surface area contributed by atoms with Crippen LogP contribution in [-0.4, -0.2) is 25.0 Å². The molecule has 1 aromatic rings. The minimum atomic E-state index is -0.636. The Morgan fingerprint density at radius 3 is 2.40 bits per heavy atom. The van der Waals surface area contributed by atoms with E-state index in [1.54, 1.807) is 31.2 Å². The van der Waals surface area contributed by atoms with Crippen LogP contribution in [0.5, 0.6) is 0 Å². The van der Waals surface area contributed by atoms with Crippen molar-refractivity contribution >= 4 is 11.9 Å². The van der Waals surface area contributed by atoms with E-state index in [1.807, 2.05) is 6.07 Å². The van der Waals surface area contributed by atoms with Crippen LogP contribution in [0.15, 0.2) is 30.3 Å². The van der Waals surface area contributed by atoms with E-state index in [4.69, 9.17) is 0 Å². The van der Waals surface area contributed by atoms with Gasteiger partial charge in [-0.1, -0.05) is 18.2 Å². The number of esters is 1. The molecule has 15 heavy (non-hydrogen) atoms. The summed E-state index contributed by atoms with van der Waals surface area (Å²) in [6.07, 6.45) is 0. The molecule has 4 nitrogen and oxygen atoms in total. The fourth-order valence-electron chi connectivity index (χ4n) is 1.11. The second kappa shape index (κ2) is 5.14. The first kappa shape index (κ1) is 11.2. The molecule has 0 aliphatic heterocycles. The molecule has 0 bridgehead atoms. The third-order valence-electron chi connectivity index (χ3n) is 1.94. The summed E-state index contributed by atoms with van der Waals surface area (Å²) in [7, 11) is 1.29. The van der Waals surface area contributed by atoms with Crippen molar-refractivity contribution in [2.75, 3.05) is 7.11 Å². The molecule has 80 valence electrons. The van der Waals surface area contributed by atoms with Crippen LogP contribution in [-0.2, 0) is 9.53 Å². The van der Waals surface area contributed by atoms with Crippen LogP contribution in [0, 0.1) is 0 Å². The molecule has 1 atom stereocenters. The Labute approximate surface area is 88.2 Å². The van der Waals surface area contributed by atoms with Gasteiger partial charge in [0.15, 0.2) is 0 Å². The van der Waals surface area contributed by atoms with Gasteiger partial charge in [0.1, 0.15) is 6.04 Å². The van der Waals surface area contributed by atoms with Gasteiger partial charge in [0, 0.05) is 5.56 Å². The van der Waals surface area contributed by atoms with Crippen LogP contribution in [0.2, 0.25) is 0 Å². The van der Waals surface area contributed by atoms with Crippen molar-refractivity contribution in [3.63, 3.8) is 0 Å². The van der Waals surface area contributed by atoms with Crippen molar-refractivity contribution in [1.29, 1.82) is 0 Å². The molecule has 0 unspecified atom stereocenters. The highest BCUT2D eigenvalue weighted by atomic mass is 16.5. The van der Waals surface area contributed by atoms with Crippen LogP contribution >= 0.6 is 0 Å². The number of carbonyl (C=O) groups excluding carboxylic acids is 2. The van der Waals surface area contributed by atoms with Gasteiger partial charge in [-0.2, -0.15) is 0 Å². The zero-order chi connectivity index (χ0) is 11.3. The van der Waals surface area contributed by atoms with Gasteiger partial charge < -0.3 is 10.1 Å². The zero-order valence-corrected chi connectivity index (χ0v) is 8.69. The summed E-state index contributed by atoms with van der Waals surface area (Å²) < 4.78 is 4.50.